The minimum Gasteiger partial charge on any atom is -0.508 e. The maximum Gasteiger partial charge on any atom is 0.326 e. The van der Waals surface area contributed by atoms with Crippen LogP contribution in [0.5, 0.6) is 11.5 Å². The maximum atomic E-state index is 13.7. The van der Waals surface area contributed by atoms with Crippen molar-refractivity contribution in [2.24, 2.45) is 0 Å². The lowest BCUT2D eigenvalue weighted by atomic mass is 10.0. The number of aromatic hydroxyl groups is 2. The largest absolute Gasteiger partial charge is 0.508 e. The number of carboxylic acid groups (broad SMARTS) is 1. The summed E-state index contributed by atoms with van der Waals surface area (Å²) < 4.78 is 0. The number of unbranched alkanes of at least 4 members (excludes halogenated alkanes) is 2. The van der Waals surface area contributed by atoms with Crippen LogP contribution in [-0.2, 0) is 38.4 Å². The molecule has 0 spiro atoms. The molecule has 3 amide bonds. The molecule has 3 atom stereocenters. The van der Waals surface area contributed by atoms with Gasteiger partial charge >= 0.3 is 5.97 Å². The van der Waals surface area contributed by atoms with Crippen molar-refractivity contribution in [3.8, 4) is 11.5 Å². The highest BCUT2D eigenvalue weighted by molar-refractivity contribution is 5.93. The van der Waals surface area contributed by atoms with Gasteiger partial charge in [0.15, 0.2) is 0 Å². The fourth-order valence-electron chi connectivity index (χ4n) is 4.88. The number of aryl methyl sites for hydroxylation is 2. The van der Waals surface area contributed by atoms with E-state index in [9.17, 15) is 34.5 Å². The molecule has 0 aliphatic rings. The second kappa shape index (κ2) is 18.1. The first-order valence-electron chi connectivity index (χ1n) is 15.4. The van der Waals surface area contributed by atoms with Crippen LogP contribution < -0.4 is 16.0 Å². The molecule has 3 unspecified atom stereocenters. The molecule has 10 heteroatoms. The van der Waals surface area contributed by atoms with Gasteiger partial charge in [-0.15, -0.1) is 0 Å². The molecule has 10 nitrogen and oxygen atoms in total. The van der Waals surface area contributed by atoms with Gasteiger partial charge in [0.1, 0.15) is 29.6 Å². The van der Waals surface area contributed by atoms with Crippen molar-refractivity contribution < 1.29 is 34.5 Å². The Morgan fingerprint density at radius 1 is 0.622 bits per heavy atom. The molecule has 0 bridgehead atoms. The van der Waals surface area contributed by atoms with Crippen LogP contribution in [-0.4, -0.2) is 57.1 Å². The normalized spacial score (nSPS) is 12.8. The minimum atomic E-state index is -1.23. The monoisotopic (exact) mass is 617 g/mol. The second-order valence-corrected chi connectivity index (χ2v) is 11.1. The number of amides is 3. The molecular formula is C35H43N3O7. The number of phenols is 2. The Hall–Kier alpha value is -4.86. The van der Waals surface area contributed by atoms with Crippen molar-refractivity contribution in [2.45, 2.75) is 82.8 Å². The van der Waals surface area contributed by atoms with Gasteiger partial charge in [0.25, 0.3) is 0 Å². The number of rotatable bonds is 18. The number of carbonyl (C=O) groups is 4. The number of carboxylic acids is 1. The van der Waals surface area contributed by atoms with Gasteiger partial charge in [-0.05, 0) is 73.1 Å². The summed E-state index contributed by atoms with van der Waals surface area (Å²) in [4.78, 5) is 52.1. The van der Waals surface area contributed by atoms with E-state index in [1.54, 1.807) is 60.7 Å². The Balaban J connectivity index is 1.78. The highest BCUT2D eigenvalue weighted by Gasteiger charge is 2.29. The summed E-state index contributed by atoms with van der Waals surface area (Å²) in [5, 5.41) is 37.3. The summed E-state index contributed by atoms with van der Waals surface area (Å²) >= 11 is 0. The van der Waals surface area contributed by atoms with E-state index in [2.05, 4.69) is 16.0 Å². The zero-order valence-electron chi connectivity index (χ0n) is 25.6. The number of benzene rings is 3. The molecule has 0 heterocycles. The molecule has 0 saturated heterocycles. The minimum absolute atomic E-state index is 0.0591. The van der Waals surface area contributed by atoms with Crippen LogP contribution in [0.2, 0.25) is 0 Å². The van der Waals surface area contributed by atoms with Crippen molar-refractivity contribution in [3.05, 3.63) is 95.6 Å². The van der Waals surface area contributed by atoms with Gasteiger partial charge in [0, 0.05) is 12.8 Å². The van der Waals surface area contributed by atoms with Gasteiger partial charge in [-0.25, -0.2) is 4.79 Å². The number of aliphatic carboxylic acids is 1. The van der Waals surface area contributed by atoms with Crippen molar-refractivity contribution in [3.63, 3.8) is 0 Å². The number of hydrogen-bond acceptors (Lipinski definition) is 6. The van der Waals surface area contributed by atoms with Crippen molar-refractivity contribution in [1.82, 2.24) is 16.0 Å². The third-order valence-corrected chi connectivity index (χ3v) is 7.51. The Kier molecular flexibility index (Phi) is 13.9. The van der Waals surface area contributed by atoms with Gasteiger partial charge in [0.2, 0.25) is 17.7 Å². The average Bonchev–Trinajstić information content (AvgIpc) is 3.03. The molecule has 240 valence electrons. The zero-order valence-corrected chi connectivity index (χ0v) is 25.6. The maximum absolute atomic E-state index is 13.7. The molecule has 0 saturated carbocycles. The van der Waals surface area contributed by atoms with Gasteiger partial charge in [-0.3, -0.25) is 14.4 Å². The Morgan fingerprint density at radius 2 is 1.11 bits per heavy atom. The van der Waals surface area contributed by atoms with E-state index in [-0.39, 0.29) is 43.1 Å². The predicted octanol–water partition coefficient (Wildman–Crippen LogP) is 4.03. The van der Waals surface area contributed by atoms with E-state index >= 15 is 0 Å². The fraction of sp³-hybridized carbons (Fsp3) is 0.371. The molecule has 3 aromatic carbocycles. The number of nitrogens with one attached hydrogen (secondary N) is 3. The molecule has 0 radical (unpaired) electrons. The fourth-order valence-corrected chi connectivity index (χ4v) is 4.88. The first-order chi connectivity index (χ1) is 21.6. The van der Waals surface area contributed by atoms with Crippen molar-refractivity contribution >= 4 is 23.7 Å². The SMILES string of the molecule is CCCCCC(=O)NC(CCc1ccc(O)cc1)C(=O)NC(CCc1ccc(O)cc1)C(=O)NC(Cc1ccccc1)C(=O)O. The molecule has 0 fully saturated rings. The molecule has 0 aliphatic carbocycles. The van der Waals surface area contributed by atoms with Crippen molar-refractivity contribution in [2.75, 3.05) is 0 Å². The van der Waals surface area contributed by atoms with Crippen molar-refractivity contribution in [1.29, 1.82) is 0 Å². The van der Waals surface area contributed by atoms with E-state index in [1.165, 1.54) is 12.1 Å². The van der Waals surface area contributed by atoms with E-state index in [0.29, 0.717) is 19.3 Å². The third-order valence-electron chi connectivity index (χ3n) is 7.51. The van der Waals surface area contributed by atoms with Gasteiger partial charge < -0.3 is 31.3 Å². The van der Waals surface area contributed by atoms with E-state index in [4.69, 9.17) is 0 Å². The smallest absolute Gasteiger partial charge is 0.326 e. The topological polar surface area (TPSA) is 165 Å². The Bertz CT molecular complexity index is 1380. The van der Waals surface area contributed by atoms with E-state index in [1.807, 2.05) is 13.0 Å². The summed E-state index contributed by atoms with van der Waals surface area (Å²) in [6.07, 6.45) is 4.01. The third kappa shape index (κ3) is 12.3. The van der Waals surface area contributed by atoms with E-state index < -0.39 is 35.9 Å². The van der Waals surface area contributed by atoms with Crippen LogP contribution in [0.15, 0.2) is 78.9 Å². The summed E-state index contributed by atoms with van der Waals surface area (Å²) in [6, 6.07) is 18.7. The quantitative estimate of drug-likeness (QED) is 0.117. The summed E-state index contributed by atoms with van der Waals surface area (Å²) in [5.74, 6) is -2.48. The molecular weight excluding hydrogens is 574 g/mol. The van der Waals surface area contributed by atoms with Crippen LogP contribution in [0, 0.1) is 0 Å². The average molecular weight is 618 g/mol. The van der Waals surface area contributed by atoms with Crippen LogP contribution in [0.25, 0.3) is 0 Å². The molecule has 6 N–H and O–H groups in total. The lowest BCUT2D eigenvalue weighted by molar-refractivity contribution is -0.142. The standard InChI is InChI=1S/C35H43N3O7/c1-2-3-5-10-32(41)36-29(21-15-24-11-17-27(39)18-12-24)33(42)37-30(22-16-25-13-19-28(40)20-14-25)34(43)38-31(35(44)45)23-26-8-6-4-7-9-26/h4,6-9,11-14,17-20,29-31,39-40H,2-3,5,10,15-16,21-23H2,1H3,(H,36,41)(H,37,42)(H,38,43)(H,44,45). The van der Waals surface area contributed by atoms with Crippen LogP contribution in [0.3, 0.4) is 0 Å². The highest BCUT2D eigenvalue weighted by atomic mass is 16.4. The zero-order chi connectivity index (χ0) is 32.6. The van der Waals surface area contributed by atoms with Crippen LogP contribution in [0.4, 0.5) is 0 Å². The van der Waals surface area contributed by atoms with Gasteiger partial charge in [-0.1, -0.05) is 74.4 Å². The molecule has 45 heavy (non-hydrogen) atoms. The van der Waals surface area contributed by atoms with Gasteiger partial charge in [-0.2, -0.15) is 0 Å². The van der Waals surface area contributed by atoms with E-state index in [0.717, 1.165) is 29.5 Å². The lowest BCUT2D eigenvalue weighted by Crippen LogP contribution is -2.56. The van der Waals surface area contributed by atoms with Crippen LogP contribution >= 0.6 is 0 Å². The molecule has 0 aliphatic heterocycles. The number of phenolic OH excluding ortho intramolecular Hbond substituents is 2. The molecule has 0 aromatic heterocycles. The molecule has 3 rings (SSSR count). The summed E-state index contributed by atoms with van der Waals surface area (Å²) in [7, 11) is 0. The first kappa shape index (κ1) is 34.6. The van der Waals surface area contributed by atoms with Crippen LogP contribution in [0.1, 0.15) is 62.1 Å². The Morgan fingerprint density at radius 3 is 1.60 bits per heavy atom. The summed E-state index contributed by atoms with van der Waals surface area (Å²) in [5.41, 5.74) is 2.40. The summed E-state index contributed by atoms with van der Waals surface area (Å²) in [6.45, 7) is 2.03. The molecule has 3 aromatic rings. The number of carbonyl (C=O) groups excluding carboxylic acids is 3. The second-order valence-electron chi connectivity index (χ2n) is 11.1. The lowest BCUT2D eigenvalue weighted by Gasteiger charge is -2.25. The number of hydrogen-bond donors (Lipinski definition) is 6. The van der Waals surface area contributed by atoms with Gasteiger partial charge in [0.05, 0.1) is 0 Å². The Labute approximate surface area is 263 Å². The predicted molar refractivity (Wildman–Crippen MR) is 171 cm³/mol. The first-order valence-corrected chi connectivity index (χ1v) is 15.4. The highest BCUT2D eigenvalue weighted by Crippen LogP contribution is 2.15.